The minimum Gasteiger partial charge on any atom is -0.496 e. The lowest BCUT2D eigenvalue weighted by atomic mass is 9.97. The standard InChI is InChI=1S/C28H22N2O4/c1-16-25(28(32)33)26(17-8-4-3-5-9-17)23(29-16)15-21-20-13-12-18(14-22(20)30-27(21)31)19-10-6-7-11-24(19)34-2/h3-15,29H,1-2H3,(H,30,31)(H,32,33)/b21-15-. The van der Waals surface area contributed by atoms with Crippen molar-refractivity contribution < 1.29 is 19.4 Å². The van der Waals surface area contributed by atoms with Gasteiger partial charge in [-0.3, -0.25) is 4.79 Å². The number of aromatic nitrogens is 1. The third kappa shape index (κ3) is 3.55. The van der Waals surface area contributed by atoms with Crippen molar-refractivity contribution in [3.05, 3.63) is 95.3 Å². The molecule has 0 bridgehead atoms. The van der Waals surface area contributed by atoms with Crippen molar-refractivity contribution in [2.75, 3.05) is 12.4 Å². The van der Waals surface area contributed by atoms with E-state index < -0.39 is 5.97 Å². The van der Waals surface area contributed by atoms with Gasteiger partial charge in [0.05, 0.1) is 18.2 Å². The number of aryl methyl sites for hydroxylation is 1. The number of aromatic amines is 1. The molecule has 1 aliphatic rings. The molecule has 3 aromatic carbocycles. The van der Waals surface area contributed by atoms with Crippen LogP contribution >= 0.6 is 0 Å². The van der Waals surface area contributed by atoms with Gasteiger partial charge in [0.25, 0.3) is 5.91 Å². The summed E-state index contributed by atoms with van der Waals surface area (Å²) in [7, 11) is 1.63. The van der Waals surface area contributed by atoms with E-state index in [1.165, 1.54) is 0 Å². The summed E-state index contributed by atoms with van der Waals surface area (Å²) >= 11 is 0. The fourth-order valence-electron chi connectivity index (χ4n) is 4.46. The molecule has 168 valence electrons. The number of hydrogen-bond donors (Lipinski definition) is 3. The molecule has 1 amide bonds. The van der Waals surface area contributed by atoms with Gasteiger partial charge in [-0.25, -0.2) is 4.79 Å². The van der Waals surface area contributed by atoms with Crippen LogP contribution in [0.25, 0.3) is 33.9 Å². The molecule has 0 atom stereocenters. The van der Waals surface area contributed by atoms with Crippen molar-refractivity contribution in [2.24, 2.45) is 0 Å². The maximum atomic E-state index is 12.9. The van der Waals surface area contributed by atoms with Gasteiger partial charge in [-0.05, 0) is 36.3 Å². The highest BCUT2D eigenvalue weighted by molar-refractivity contribution is 6.35. The zero-order chi connectivity index (χ0) is 23.8. The maximum absolute atomic E-state index is 12.9. The molecule has 4 aromatic rings. The third-order valence-corrected chi connectivity index (χ3v) is 6.00. The van der Waals surface area contributed by atoms with Crippen LogP contribution in [-0.2, 0) is 4.79 Å². The first-order valence-electron chi connectivity index (χ1n) is 10.8. The molecule has 6 nitrogen and oxygen atoms in total. The summed E-state index contributed by atoms with van der Waals surface area (Å²) in [5, 5.41) is 12.8. The number of hydrogen-bond acceptors (Lipinski definition) is 3. The van der Waals surface area contributed by atoms with Gasteiger partial charge >= 0.3 is 5.97 Å². The van der Waals surface area contributed by atoms with Gasteiger partial charge in [0, 0.05) is 33.8 Å². The predicted octanol–water partition coefficient (Wildman–Crippen LogP) is 5.86. The number of methoxy groups -OCH3 is 1. The highest BCUT2D eigenvalue weighted by Crippen LogP contribution is 2.40. The number of carbonyl (C=O) groups is 2. The fourth-order valence-corrected chi connectivity index (χ4v) is 4.46. The van der Waals surface area contributed by atoms with E-state index in [-0.39, 0.29) is 11.5 Å². The molecule has 0 saturated carbocycles. The van der Waals surface area contributed by atoms with Crippen molar-refractivity contribution in [1.29, 1.82) is 0 Å². The summed E-state index contributed by atoms with van der Waals surface area (Å²) in [5.41, 5.74) is 6.40. The Bertz CT molecular complexity index is 1470. The van der Waals surface area contributed by atoms with Crippen LogP contribution in [-0.4, -0.2) is 29.1 Å². The second-order valence-electron chi connectivity index (χ2n) is 8.06. The molecule has 0 saturated heterocycles. The quantitative estimate of drug-likeness (QED) is 0.332. The first-order chi connectivity index (χ1) is 16.5. The Labute approximate surface area is 196 Å². The highest BCUT2D eigenvalue weighted by atomic mass is 16.5. The Morgan fingerprint density at radius 2 is 1.68 bits per heavy atom. The summed E-state index contributed by atoms with van der Waals surface area (Å²) < 4.78 is 5.48. The topological polar surface area (TPSA) is 91.4 Å². The van der Waals surface area contributed by atoms with Gasteiger partial charge in [-0.2, -0.15) is 0 Å². The highest BCUT2D eigenvalue weighted by Gasteiger charge is 2.27. The van der Waals surface area contributed by atoms with Crippen molar-refractivity contribution in [3.63, 3.8) is 0 Å². The number of nitrogens with one attached hydrogen (secondary N) is 2. The number of fused-ring (bicyclic) bond motifs is 1. The number of carboxylic acids is 1. The number of benzene rings is 3. The lowest BCUT2D eigenvalue weighted by molar-refractivity contribution is -0.110. The zero-order valence-corrected chi connectivity index (χ0v) is 18.7. The average Bonchev–Trinajstić information content (AvgIpc) is 3.35. The van der Waals surface area contributed by atoms with Crippen LogP contribution in [0.5, 0.6) is 5.75 Å². The molecule has 0 spiro atoms. The fraction of sp³-hybridized carbons (Fsp3) is 0.0714. The van der Waals surface area contributed by atoms with Crippen LogP contribution < -0.4 is 10.1 Å². The van der Waals surface area contributed by atoms with E-state index in [9.17, 15) is 14.7 Å². The molecule has 6 heteroatoms. The number of rotatable bonds is 5. The van der Waals surface area contributed by atoms with Crippen LogP contribution in [0.15, 0.2) is 72.8 Å². The van der Waals surface area contributed by atoms with Gasteiger partial charge in [0.15, 0.2) is 0 Å². The number of carboxylic acid groups (broad SMARTS) is 1. The molecule has 0 radical (unpaired) electrons. The molecule has 34 heavy (non-hydrogen) atoms. The Hall–Kier alpha value is -4.58. The SMILES string of the molecule is COc1ccccc1-c1ccc2c(c1)NC(=O)/C2=C\c1[nH]c(C)c(C(=O)O)c1-c1ccccc1. The number of para-hydroxylation sites is 1. The Balaban J connectivity index is 1.63. The molecule has 5 rings (SSSR count). The summed E-state index contributed by atoms with van der Waals surface area (Å²) in [4.78, 5) is 28.1. The predicted molar refractivity (Wildman–Crippen MR) is 133 cm³/mol. The van der Waals surface area contributed by atoms with E-state index in [1.807, 2.05) is 72.8 Å². The molecule has 0 fully saturated rings. The van der Waals surface area contributed by atoms with E-state index in [1.54, 1.807) is 20.1 Å². The maximum Gasteiger partial charge on any atom is 0.338 e. The first kappa shape index (κ1) is 21.3. The molecule has 1 aromatic heterocycles. The van der Waals surface area contributed by atoms with E-state index in [2.05, 4.69) is 10.3 Å². The Kier molecular flexibility index (Phi) is 5.26. The normalized spacial score (nSPS) is 13.6. The molecular weight excluding hydrogens is 428 g/mol. The van der Waals surface area contributed by atoms with Crippen LogP contribution in [0, 0.1) is 6.92 Å². The van der Waals surface area contributed by atoms with Crippen LogP contribution in [0.2, 0.25) is 0 Å². The number of amides is 1. The summed E-state index contributed by atoms with van der Waals surface area (Å²) in [6.45, 7) is 1.72. The Morgan fingerprint density at radius 1 is 0.941 bits per heavy atom. The van der Waals surface area contributed by atoms with Crippen LogP contribution in [0.3, 0.4) is 0 Å². The molecule has 1 aliphatic heterocycles. The van der Waals surface area contributed by atoms with Gasteiger partial charge in [0.2, 0.25) is 0 Å². The van der Waals surface area contributed by atoms with Crippen molar-refractivity contribution in [3.8, 4) is 28.0 Å². The molecule has 0 aliphatic carbocycles. The van der Waals surface area contributed by atoms with Crippen LogP contribution in [0.4, 0.5) is 5.69 Å². The van der Waals surface area contributed by atoms with Crippen molar-refractivity contribution in [2.45, 2.75) is 6.92 Å². The molecule has 3 N–H and O–H groups in total. The van der Waals surface area contributed by atoms with Crippen LogP contribution in [0.1, 0.15) is 27.3 Å². The minimum atomic E-state index is -1.02. The third-order valence-electron chi connectivity index (χ3n) is 6.00. The summed E-state index contributed by atoms with van der Waals surface area (Å²) in [5.74, 6) is -0.511. The van der Waals surface area contributed by atoms with E-state index in [0.29, 0.717) is 28.2 Å². The minimum absolute atomic E-state index is 0.197. The lowest BCUT2D eigenvalue weighted by Gasteiger charge is -2.09. The number of carbonyl (C=O) groups excluding carboxylic acids is 1. The zero-order valence-electron chi connectivity index (χ0n) is 18.7. The average molecular weight is 450 g/mol. The lowest BCUT2D eigenvalue weighted by Crippen LogP contribution is -2.04. The number of anilines is 1. The second-order valence-corrected chi connectivity index (χ2v) is 8.06. The van der Waals surface area contributed by atoms with Crippen molar-refractivity contribution in [1.82, 2.24) is 4.98 Å². The summed E-state index contributed by atoms with van der Waals surface area (Å²) in [6, 6.07) is 22.8. The van der Waals surface area contributed by atoms with E-state index in [4.69, 9.17) is 4.74 Å². The van der Waals surface area contributed by atoms with Gasteiger partial charge in [-0.15, -0.1) is 0 Å². The largest absolute Gasteiger partial charge is 0.496 e. The number of ether oxygens (including phenoxy) is 1. The van der Waals surface area contributed by atoms with E-state index in [0.717, 1.165) is 28.0 Å². The van der Waals surface area contributed by atoms with Gasteiger partial charge in [0.1, 0.15) is 5.75 Å². The first-order valence-corrected chi connectivity index (χ1v) is 10.8. The second kappa shape index (κ2) is 8.41. The molecular formula is C28H22N2O4. The Morgan fingerprint density at radius 3 is 2.41 bits per heavy atom. The monoisotopic (exact) mass is 450 g/mol. The van der Waals surface area contributed by atoms with Gasteiger partial charge in [-0.1, -0.05) is 60.7 Å². The molecule has 2 heterocycles. The van der Waals surface area contributed by atoms with E-state index >= 15 is 0 Å². The van der Waals surface area contributed by atoms with Gasteiger partial charge < -0.3 is 20.1 Å². The number of H-pyrrole nitrogens is 1. The van der Waals surface area contributed by atoms with Crippen molar-refractivity contribution >= 4 is 29.2 Å². The summed E-state index contributed by atoms with van der Waals surface area (Å²) in [6.07, 6.45) is 1.73. The smallest absolute Gasteiger partial charge is 0.338 e. The number of aromatic carboxylic acids is 1. The molecule has 0 unspecified atom stereocenters.